The number of likely N-dealkylation sites (tertiary alicyclic amines) is 1. The molecule has 104 valence electrons. The van der Waals surface area contributed by atoms with E-state index >= 15 is 0 Å². The zero-order chi connectivity index (χ0) is 13.8. The number of hydrogen-bond acceptors (Lipinski definition) is 2. The molecular formula is C14H17Cl2NO2. The fraction of sp³-hybridized carbons (Fsp3) is 0.500. The first-order chi connectivity index (χ1) is 9.08. The zero-order valence-corrected chi connectivity index (χ0v) is 12.1. The van der Waals surface area contributed by atoms with Crippen LogP contribution in [0, 0.1) is 0 Å². The van der Waals surface area contributed by atoms with Crippen molar-refractivity contribution in [1.82, 2.24) is 4.90 Å². The molecule has 5 heteroatoms. The molecule has 0 aliphatic carbocycles. The molecule has 0 spiro atoms. The van der Waals surface area contributed by atoms with Crippen LogP contribution in [0.2, 0.25) is 10.0 Å². The van der Waals surface area contributed by atoms with Gasteiger partial charge in [0.2, 0.25) is 0 Å². The highest BCUT2D eigenvalue weighted by Crippen LogP contribution is 2.24. The maximum Gasteiger partial charge on any atom is 0.321 e. The predicted octanol–water partition coefficient (Wildman–Crippen LogP) is 3.48. The van der Waals surface area contributed by atoms with E-state index in [1.165, 1.54) is 6.42 Å². The Hall–Kier alpha value is -0.770. The highest BCUT2D eigenvalue weighted by molar-refractivity contribution is 6.42. The van der Waals surface area contributed by atoms with Gasteiger partial charge in [0.05, 0.1) is 10.0 Å². The van der Waals surface area contributed by atoms with Gasteiger partial charge in [0.1, 0.15) is 6.04 Å². The third-order valence-electron chi connectivity index (χ3n) is 3.53. The molecular weight excluding hydrogens is 285 g/mol. The summed E-state index contributed by atoms with van der Waals surface area (Å²) in [5.41, 5.74) is 0.910. The molecule has 0 radical (unpaired) electrons. The summed E-state index contributed by atoms with van der Waals surface area (Å²) >= 11 is 11.8. The third-order valence-corrected chi connectivity index (χ3v) is 4.27. The maximum atomic E-state index is 11.5. The van der Waals surface area contributed by atoms with Gasteiger partial charge in [0.25, 0.3) is 0 Å². The highest BCUT2D eigenvalue weighted by Gasteiger charge is 2.27. The quantitative estimate of drug-likeness (QED) is 0.925. The topological polar surface area (TPSA) is 40.5 Å². The van der Waals surface area contributed by atoms with Crippen LogP contribution in [0.1, 0.15) is 24.8 Å². The summed E-state index contributed by atoms with van der Waals surface area (Å²) in [6, 6.07) is 4.84. The molecule has 1 saturated heterocycles. The van der Waals surface area contributed by atoms with Gasteiger partial charge in [-0.15, -0.1) is 0 Å². The molecule has 0 bridgehead atoms. The fourth-order valence-electron chi connectivity index (χ4n) is 2.49. The van der Waals surface area contributed by atoms with Gasteiger partial charge in [-0.2, -0.15) is 0 Å². The second-order valence-electron chi connectivity index (χ2n) is 4.90. The van der Waals surface area contributed by atoms with Crippen molar-refractivity contribution in [2.24, 2.45) is 0 Å². The molecule has 0 amide bonds. The number of carboxylic acids is 1. The van der Waals surface area contributed by atoms with Gasteiger partial charge in [-0.25, -0.2) is 0 Å². The van der Waals surface area contributed by atoms with Crippen molar-refractivity contribution in [1.29, 1.82) is 0 Å². The van der Waals surface area contributed by atoms with Gasteiger partial charge in [0.15, 0.2) is 0 Å². The minimum atomic E-state index is -0.770. The van der Waals surface area contributed by atoms with Gasteiger partial charge in [-0.1, -0.05) is 35.7 Å². The van der Waals surface area contributed by atoms with Crippen molar-refractivity contribution in [3.63, 3.8) is 0 Å². The summed E-state index contributed by atoms with van der Waals surface area (Å²) in [7, 11) is 0. The van der Waals surface area contributed by atoms with Gasteiger partial charge >= 0.3 is 5.97 Å². The average Bonchev–Trinajstić information content (AvgIpc) is 2.40. The SMILES string of the molecule is O=C(O)[C@@H](Cc1ccc(Cl)c(Cl)c1)N1CCCCC1. The lowest BCUT2D eigenvalue weighted by Crippen LogP contribution is -2.45. The van der Waals surface area contributed by atoms with E-state index in [-0.39, 0.29) is 0 Å². The molecule has 0 unspecified atom stereocenters. The van der Waals surface area contributed by atoms with Crippen LogP contribution in [0.15, 0.2) is 18.2 Å². The van der Waals surface area contributed by atoms with Crippen LogP contribution in [-0.2, 0) is 11.2 Å². The van der Waals surface area contributed by atoms with Crippen LogP contribution in [0.5, 0.6) is 0 Å². The molecule has 1 fully saturated rings. The van der Waals surface area contributed by atoms with E-state index in [4.69, 9.17) is 23.2 Å². The molecule has 1 aliphatic heterocycles. The van der Waals surface area contributed by atoms with Crippen molar-refractivity contribution in [2.75, 3.05) is 13.1 Å². The Morgan fingerprint density at radius 3 is 2.47 bits per heavy atom. The first kappa shape index (κ1) is 14.6. The smallest absolute Gasteiger partial charge is 0.321 e. The number of carbonyl (C=O) groups is 1. The van der Waals surface area contributed by atoms with Crippen molar-refractivity contribution < 1.29 is 9.90 Å². The Kier molecular flexibility index (Phi) is 5.08. The van der Waals surface area contributed by atoms with Gasteiger partial charge in [0, 0.05) is 0 Å². The predicted molar refractivity (Wildman–Crippen MR) is 77.0 cm³/mol. The van der Waals surface area contributed by atoms with Gasteiger partial charge in [-0.3, -0.25) is 9.69 Å². The Morgan fingerprint density at radius 1 is 1.21 bits per heavy atom. The molecule has 1 heterocycles. The van der Waals surface area contributed by atoms with Crippen LogP contribution >= 0.6 is 23.2 Å². The number of aliphatic carboxylic acids is 1. The first-order valence-corrected chi connectivity index (χ1v) is 7.24. The first-order valence-electron chi connectivity index (χ1n) is 6.48. The number of carboxylic acid groups (broad SMARTS) is 1. The van der Waals surface area contributed by atoms with Gasteiger partial charge < -0.3 is 5.11 Å². The zero-order valence-electron chi connectivity index (χ0n) is 10.6. The number of rotatable bonds is 4. The molecule has 0 saturated carbocycles. The molecule has 2 rings (SSSR count). The number of benzene rings is 1. The number of hydrogen-bond donors (Lipinski definition) is 1. The second-order valence-corrected chi connectivity index (χ2v) is 5.72. The molecule has 1 atom stereocenters. The summed E-state index contributed by atoms with van der Waals surface area (Å²) in [4.78, 5) is 13.5. The molecule has 0 aromatic heterocycles. The van der Waals surface area contributed by atoms with Crippen LogP contribution in [0.25, 0.3) is 0 Å². The normalized spacial score (nSPS) is 18.2. The van der Waals surface area contributed by atoms with E-state index in [1.807, 2.05) is 11.0 Å². The molecule has 19 heavy (non-hydrogen) atoms. The van der Waals surface area contributed by atoms with Crippen molar-refractivity contribution in [3.8, 4) is 0 Å². The maximum absolute atomic E-state index is 11.5. The van der Waals surface area contributed by atoms with E-state index in [0.717, 1.165) is 31.5 Å². The van der Waals surface area contributed by atoms with E-state index in [2.05, 4.69) is 0 Å². The Labute approximate surface area is 123 Å². The summed E-state index contributed by atoms with van der Waals surface area (Å²) in [5.74, 6) is -0.770. The molecule has 1 aromatic carbocycles. The Morgan fingerprint density at radius 2 is 1.89 bits per heavy atom. The van der Waals surface area contributed by atoms with Crippen molar-refractivity contribution in [3.05, 3.63) is 33.8 Å². The molecule has 1 N–H and O–H groups in total. The van der Waals surface area contributed by atoms with Crippen molar-refractivity contribution in [2.45, 2.75) is 31.7 Å². The number of halogens is 2. The minimum Gasteiger partial charge on any atom is -0.480 e. The van der Waals surface area contributed by atoms with Crippen LogP contribution in [-0.4, -0.2) is 35.1 Å². The molecule has 1 aromatic rings. The summed E-state index contributed by atoms with van der Waals surface area (Å²) in [5, 5.41) is 10.4. The fourth-order valence-corrected chi connectivity index (χ4v) is 2.81. The van der Waals surface area contributed by atoms with E-state index in [9.17, 15) is 9.90 Å². The molecule has 3 nitrogen and oxygen atoms in total. The van der Waals surface area contributed by atoms with Gasteiger partial charge in [-0.05, 0) is 50.0 Å². The highest BCUT2D eigenvalue weighted by atomic mass is 35.5. The second kappa shape index (κ2) is 6.60. The lowest BCUT2D eigenvalue weighted by molar-refractivity contribution is -0.143. The van der Waals surface area contributed by atoms with E-state index < -0.39 is 12.0 Å². The molecule has 1 aliphatic rings. The van der Waals surface area contributed by atoms with Crippen LogP contribution < -0.4 is 0 Å². The van der Waals surface area contributed by atoms with E-state index in [1.54, 1.807) is 12.1 Å². The van der Waals surface area contributed by atoms with Crippen LogP contribution in [0.3, 0.4) is 0 Å². The average molecular weight is 302 g/mol. The lowest BCUT2D eigenvalue weighted by atomic mass is 10.0. The summed E-state index contributed by atoms with van der Waals surface area (Å²) < 4.78 is 0. The lowest BCUT2D eigenvalue weighted by Gasteiger charge is -2.32. The number of nitrogens with zero attached hydrogens (tertiary/aromatic N) is 1. The minimum absolute atomic E-state index is 0.465. The monoisotopic (exact) mass is 301 g/mol. The largest absolute Gasteiger partial charge is 0.480 e. The Bertz CT molecular complexity index is 459. The number of piperidine rings is 1. The summed E-state index contributed by atoms with van der Waals surface area (Å²) in [6.07, 6.45) is 3.80. The standard InChI is InChI=1S/C14H17Cl2NO2/c15-11-5-4-10(8-12(11)16)9-13(14(18)19)17-6-2-1-3-7-17/h4-5,8,13H,1-3,6-7,9H2,(H,18,19)/t13-/m1/s1. The van der Waals surface area contributed by atoms with E-state index in [0.29, 0.717) is 16.5 Å². The summed E-state index contributed by atoms with van der Waals surface area (Å²) in [6.45, 7) is 1.72. The third kappa shape index (κ3) is 3.85. The Balaban J connectivity index is 2.11. The van der Waals surface area contributed by atoms with Crippen molar-refractivity contribution >= 4 is 29.2 Å². The van der Waals surface area contributed by atoms with Crippen LogP contribution in [0.4, 0.5) is 0 Å².